The topological polar surface area (TPSA) is 417 Å². The first-order valence-corrected chi connectivity index (χ1v) is 20.6. The van der Waals surface area contributed by atoms with Crippen LogP contribution in [0.15, 0.2) is 30.3 Å². The number of nitrogens with one attached hydrogen (secondary N) is 8. The third-order valence-corrected chi connectivity index (χ3v) is 9.67. The van der Waals surface area contributed by atoms with Gasteiger partial charge in [0.2, 0.25) is 53.2 Å². The Morgan fingerprint density at radius 1 is 0.585 bits per heavy atom. The molecule has 0 spiro atoms. The molecular weight excluding hydrogens is 860 g/mol. The maximum atomic E-state index is 13.9. The summed E-state index contributed by atoms with van der Waals surface area (Å²) >= 11 is 0. The lowest BCUT2D eigenvalue weighted by Crippen LogP contribution is -2.60. The first-order chi connectivity index (χ1) is 30.4. The van der Waals surface area contributed by atoms with Crippen LogP contribution in [-0.4, -0.2) is 154 Å². The summed E-state index contributed by atoms with van der Waals surface area (Å²) in [5.74, 6) is -12.9. The molecule has 9 amide bonds. The fraction of sp³-hybridized carbons (Fsp3) is 0.575. The molecule has 0 aromatic heterocycles. The molecule has 0 saturated carbocycles. The second-order valence-corrected chi connectivity index (χ2v) is 15.6. The summed E-state index contributed by atoms with van der Waals surface area (Å²) in [7, 11) is 0. The highest BCUT2D eigenvalue weighted by molar-refractivity contribution is 5.99. The van der Waals surface area contributed by atoms with Gasteiger partial charge in [-0.05, 0) is 30.7 Å². The van der Waals surface area contributed by atoms with Gasteiger partial charge in [0.1, 0.15) is 42.3 Å². The Hall–Kier alpha value is -6.73. The van der Waals surface area contributed by atoms with E-state index in [0.717, 1.165) is 6.92 Å². The minimum absolute atomic E-state index is 0.00176. The molecule has 9 atom stereocenters. The zero-order chi connectivity index (χ0) is 49.6. The minimum Gasteiger partial charge on any atom is -0.481 e. The van der Waals surface area contributed by atoms with Crippen LogP contribution in [0.2, 0.25) is 0 Å². The minimum atomic E-state index is -1.96. The Labute approximate surface area is 374 Å². The fourth-order valence-corrected chi connectivity index (χ4v) is 5.75. The molecule has 0 fully saturated rings. The highest BCUT2D eigenvalue weighted by Gasteiger charge is 2.35. The van der Waals surface area contributed by atoms with Crippen molar-refractivity contribution in [3.8, 4) is 0 Å². The number of hydrogen-bond acceptors (Lipinski definition) is 14. The van der Waals surface area contributed by atoms with Crippen LogP contribution in [0.25, 0.3) is 0 Å². The number of carboxylic acid groups (broad SMARTS) is 2. The third kappa shape index (κ3) is 20.5. The van der Waals surface area contributed by atoms with Crippen molar-refractivity contribution in [2.24, 2.45) is 23.3 Å². The number of rotatable bonds is 29. The number of carboxylic acids is 2. The average Bonchev–Trinajstić information content (AvgIpc) is 3.24. The lowest BCUT2D eigenvalue weighted by molar-refractivity contribution is -0.143. The molecule has 0 saturated heterocycles. The molecular formula is C40H62N10O15. The smallest absolute Gasteiger partial charge is 0.328 e. The molecule has 1 aromatic carbocycles. The van der Waals surface area contributed by atoms with Crippen LogP contribution in [0, 0.1) is 11.8 Å². The second kappa shape index (κ2) is 28.1. The Morgan fingerprint density at radius 3 is 1.58 bits per heavy atom. The summed E-state index contributed by atoms with van der Waals surface area (Å²) in [4.78, 5) is 140. The number of aliphatic hydroxyl groups is 2. The molecule has 0 aliphatic carbocycles. The molecule has 25 nitrogen and oxygen atoms in total. The first-order valence-electron chi connectivity index (χ1n) is 20.6. The van der Waals surface area contributed by atoms with Crippen LogP contribution in [0.4, 0.5) is 0 Å². The predicted octanol–water partition coefficient (Wildman–Crippen LogP) is -5.40. The van der Waals surface area contributed by atoms with E-state index in [9.17, 15) is 68.1 Å². The molecule has 1 aromatic rings. The van der Waals surface area contributed by atoms with E-state index in [1.54, 1.807) is 58.0 Å². The van der Waals surface area contributed by atoms with E-state index in [4.69, 9.17) is 16.6 Å². The van der Waals surface area contributed by atoms with E-state index in [2.05, 4.69) is 37.2 Å². The summed E-state index contributed by atoms with van der Waals surface area (Å²) < 4.78 is 0. The van der Waals surface area contributed by atoms with Crippen molar-refractivity contribution >= 4 is 65.1 Å². The monoisotopic (exact) mass is 922 g/mol. The van der Waals surface area contributed by atoms with E-state index < -0.39 is 146 Å². The maximum Gasteiger partial charge on any atom is 0.328 e. The molecule has 0 aliphatic heterocycles. The predicted molar refractivity (Wildman–Crippen MR) is 227 cm³/mol. The van der Waals surface area contributed by atoms with Gasteiger partial charge in [0.25, 0.3) is 0 Å². The van der Waals surface area contributed by atoms with Crippen molar-refractivity contribution < 1.29 is 73.2 Å². The molecule has 362 valence electrons. The van der Waals surface area contributed by atoms with Gasteiger partial charge in [-0.3, -0.25) is 47.9 Å². The van der Waals surface area contributed by atoms with Crippen molar-refractivity contribution in [3.63, 3.8) is 0 Å². The zero-order valence-corrected chi connectivity index (χ0v) is 36.8. The quantitative estimate of drug-likeness (QED) is 0.0357. The Bertz CT molecular complexity index is 1850. The maximum absolute atomic E-state index is 13.9. The van der Waals surface area contributed by atoms with Gasteiger partial charge in [0.15, 0.2) is 0 Å². The highest BCUT2D eigenvalue weighted by Crippen LogP contribution is 2.10. The zero-order valence-electron chi connectivity index (χ0n) is 36.8. The van der Waals surface area contributed by atoms with Gasteiger partial charge < -0.3 is 74.4 Å². The van der Waals surface area contributed by atoms with Crippen molar-refractivity contribution in [1.29, 1.82) is 0 Å². The largest absolute Gasteiger partial charge is 0.481 e. The Morgan fingerprint density at radius 2 is 1.08 bits per heavy atom. The number of amides is 9. The fourth-order valence-electron chi connectivity index (χ4n) is 5.75. The van der Waals surface area contributed by atoms with Crippen molar-refractivity contribution in [2.45, 2.75) is 115 Å². The van der Waals surface area contributed by atoms with Crippen LogP contribution in [0.5, 0.6) is 0 Å². The van der Waals surface area contributed by atoms with Gasteiger partial charge in [0, 0.05) is 6.42 Å². The standard InChI is InChI=1S/C40H62N10O15/c1-6-20(4)32(42)39(63)50-27(17-51)38(62)44-21(5)33(57)46-25(14-29(41)53)36(60)49-26(15-31(55)56)37(61)48-24(13-22-10-8-7-9-11-22)35(59)47-23(12-19(2)3)34(58)43-16-30(54)45-28(18-52)40(64)65/h7-11,19-21,23-28,32,51-52H,6,12-18,42H2,1-5H3,(H2,41,53)(H,43,58)(H,44,62)(H,45,54)(H,46,57)(H,47,59)(H,48,61)(H,49,60)(H,50,63)(H,55,56)(H,64,65)/t20-,21-,23-,24-,25-,26-,27-,28-,32-/m0/s1. The summed E-state index contributed by atoms with van der Waals surface area (Å²) in [6.07, 6.45) is -1.67. The van der Waals surface area contributed by atoms with Crippen LogP contribution in [0.1, 0.15) is 65.9 Å². The third-order valence-electron chi connectivity index (χ3n) is 9.67. The van der Waals surface area contributed by atoms with Gasteiger partial charge in [0.05, 0.1) is 38.6 Å². The summed E-state index contributed by atoms with van der Waals surface area (Å²) in [5.41, 5.74) is 11.7. The number of benzene rings is 1. The van der Waals surface area contributed by atoms with Crippen LogP contribution >= 0.6 is 0 Å². The number of hydrogen-bond donors (Lipinski definition) is 14. The van der Waals surface area contributed by atoms with Gasteiger partial charge in [-0.1, -0.05) is 64.4 Å². The Balaban J connectivity index is 3.31. The molecule has 0 aliphatic rings. The molecule has 0 heterocycles. The number of carbonyl (C=O) groups excluding carboxylic acids is 9. The number of nitrogens with two attached hydrogens (primary N) is 2. The molecule has 25 heteroatoms. The number of carbonyl (C=O) groups is 11. The van der Waals surface area contributed by atoms with Crippen LogP contribution in [0.3, 0.4) is 0 Å². The summed E-state index contributed by atoms with van der Waals surface area (Å²) in [6.45, 7) is 5.53. The number of aliphatic hydroxyl groups excluding tert-OH is 2. The highest BCUT2D eigenvalue weighted by atomic mass is 16.4. The second-order valence-electron chi connectivity index (χ2n) is 15.6. The van der Waals surface area contributed by atoms with Gasteiger partial charge in [-0.25, -0.2) is 4.79 Å². The van der Waals surface area contributed by atoms with Crippen molar-refractivity contribution in [3.05, 3.63) is 35.9 Å². The summed E-state index contributed by atoms with van der Waals surface area (Å²) in [5, 5.41) is 55.7. The summed E-state index contributed by atoms with van der Waals surface area (Å²) in [6, 6.07) is -4.27. The Kier molecular flexibility index (Phi) is 24.4. The SMILES string of the molecule is CC[C@H](C)[C@H](N)C(=O)N[C@@H](CO)C(=O)N[C@@H](C)C(=O)N[C@@H](CC(N)=O)C(=O)N[C@@H](CC(=O)O)C(=O)N[C@@H](Cc1ccccc1)C(=O)N[C@@H](CC(C)C)C(=O)NCC(=O)N[C@@H](CO)C(=O)O. The van der Waals surface area contributed by atoms with Crippen LogP contribution < -0.4 is 54.0 Å². The van der Waals surface area contributed by atoms with Gasteiger partial charge in [-0.15, -0.1) is 0 Å². The van der Waals surface area contributed by atoms with E-state index in [-0.39, 0.29) is 24.7 Å². The van der Waals surface area contributed by atoms with Gasteiger partial charge >= 0.3 is 11.9 Å². The number of aliphatic carboxylic acids is 2. The van der Waals surface area contributed by atoms with Gasteiger partial charge in [-0.2, -0.15) is 0 Å². The van der Waals surface area contributed by atoms with E-state index in [1.165, 1.54) is 0 Å². The van der Waals surface area contributed by atoms with Crippen molar-refractivity contribution in [1.82, 2.24) is 42.5 Å². The normalized spacial score (nSPS) is 15.1. The molecule has 1 rings (SSSR count). The molecule has 16 N–H and O–H groups in total. The average molecular weight is 923 g/mol. The molecule has 0 radical (unpaired) electrons. The molecule has 0 bridgehead atoms. The van der Waals surface area contributed by atoms with E-state index in [1.807, 2.05) is 5.32 Å². The molecule has 65 heavy (non-hydrogen) atoms. The lowest BCUT2D eigenvalue weighted by Gasteiger charge is -2.27. The van der Waals surface area contributed by atoms with Crippen molar-refractivity contribution in [2.75, 3.05) is 19.8 Å². The van der Waals surface area contributed by atoms with Crippen LogP contribution in [-0.2, 0) is 59.2 Å². The number of primary amides is 1. The van der Waals surface area contributed by atoms with E-state index >= 15 is 0 Å². The lowest BCUT2D eigenvalue weighted by atomic mass is 9.99. The first kappa shape index (κ1) is 56.3. The van der Waals surface area contributed by atoms with E-state index in [0.29, 0.717) is 12.0 Å². The molecule has 0 unspecified atom stereocenters.